The molecule has 7 nitrogen and oxygen atoms in total. The standard InChI is InChI=1S/C22H25FN4O3S/c1-4-30-17-11-9-16(10-12-17)21-25-26-22(27(21)19-8-6-5-7-18(19)23)31-14-20(28)24-15(2)13-29-3/h5-12,15H,4,13-14H2,1-3H3,(H,24,28). The van der Waals surface area contributed by atoms with E-state index in [-0.39, 0.29) is 17.7 Å². The molecule has 3 rings (SSSR count). The predicted molar refractivity (Wildman–Crippen MR) is 118 cm³/mol. The van der Waals surface area contributed by atoms with Gasteiger partial charge in [0.2, 0.25) is 5.91 Å². The van der Waals surface area contributed by atoms with Crippen molar-refractivity contribution in [2.75, 3.05) is 26.1 Å². The number of carbonyl (C=O) groups is 1. The van der Waals surface area contributed by atoms with E-state index in [4.69, 9.17) is 9.47 Å². The lowest BCUT2D eigenvalue weighted by Crippen LogP contribution is -2.36. The molecule has 1 amide bonds. The zero-order valence-electron chi connectivity index (χ0n) is 17.7. The fourth-order valence-electron chi connectivity index (χ4n) is 3.01. The molecule has 1 unspecified atom stereocenters. The molecule has 0 radical (unpaired) electrons. The maximum absolute atomic E-state index is 14.6. The van der Waals surface area contributed by atoms with Gasteiger partial charge in [0.05, 0.1) is 24.7 Å². The Morgan fingerprint density at radius 2 is 1.94 bits per heavy atom. The van der Waals surface area contributed by atoms with Crippen molar-refractivity contribution >= 4 is 17.7 Å². The van der Waals surface area contributed by atoms with Crippen LogP contribution in [0.15, 0.2) is 53.7 Å². The van der Waals surface area contributed by atoms with E-state index in [0.29, 0.717) is 29.9 Å². The normalized spacial score (nSPS) is 11.9. The molecule has 2 aromatic carbocycles. The molecule has 1 N–H and O–H groups in total. The molecule has 0 fully saturated rings. The first kappa shape index (κ1) is 22.8. The smallest absolute Gasteiger partial charge is 0.230 e. The topological polar surface area (TPSA) is 78.3 Å². The summed E-state index contributed by atoms with van der Waals surface area (Å²) in [5.41, 5.74) is 1.07. The number of methoxy groups -OCH3 is 1. The van der Waals surface area contributed by atoms with Crippen LogP contribution in [0.3, 0.4) is 0 Å². The highest BCUT2D eigenvalue weighted by Crippen LogP contribution is 2.30. The van der Waals surface area contributed by atoms with Gasteiger partial charge < -0.3 is 14.8 Å². The SMILES string of the molecule is CCOc1ccc(-c2nnc(SCC(=O)NC(C)COC)n2-c2ccccc2F)cc1. The molecule has 1 atom stereocenters. The number of benzene rings is 2. The summed E-state index contributed by atoms with van der Waals surface area (Å²) in [7, 11) is 1.58. The maximum Gasteiger partial charge on any atom is 0.230 e. The minimum atomic E-state index is -0.408. The van der Waals surface area contributed by atoms with Crippen molar-refractivity contribution in [1.82, 2.24) is 20.1 Å². The Hall–Kier alpha value is -2.91. The zero-order chi connectivity index (χ0) is 22.2. The Morgan fingerprint density at radius 1 is 1.19 bits per heavy atom. The fourth-order valence-corrected chi connectivity index (χ4v) is 3.76. The van der Waals surface area contributed by atoms with Crippen molar-refractivity contribution in [1.29, 1.82) is 0 Å². The number of hydrogen-bond acceptors (Lipinski definition) is 6. The maximum atomic E-state index is 14.6. The third-order valence-corrected chi connectivity index (χ3v) is 5.24. The monoisotopic (exact) mass is 444 g/mol. The minimum absolute atomic E-state index is 0.109. The van der Waals surface area contributed by atoms with Gasteiger partial charge >= 0.3 is 0 Å². The minimum Gasteiger partial charge on any atom is -0.494 e. The molecule has 164 valence electrons. The number of rotatable bonds is 10. The van der Waals surface area contributed by atoms with E-state index >= 15 is 0 Å². The second-order valence-electron chi connectivity index (χ2n) is 6.76. The Morgan fingerprint density at radius 3 is 2.61 bits per heavy atom. The lowest BCUT2D eigenvalue weighted by Gasteiger charge is -2.13. The van der Waals surface area contributed by atoms with Gasteiger partial charge in [0.1, 0.15) is 11.6 Å². The summed E-state index contributed by atoms with van der Waals surface area (Å²) in [4.78, 5) is 12.3. The van der Waals surface area contributed by atoms with Gasteiger partial charge in [0, 0.05) is 18.7 Å². The molecule has 0 aliphatic heterocycles. The Kier molecular flexibility index (Phi) is 8.02. The zero-order valence-corrected chi connectivity index (χ0v) is 18.5. The number of hydrogen-bond donors (Lipinski definition) is 1. The van der Waals surface area contributed by atoms with Crippen LogP contribution in [-0.4, -0.2) is 52.8 Å². The van der Waals surface area contributed by atoms with Crippen LogP contribution >= 0.6 is 11.8 Å². The van der Waals surface area contributed by atoms with Gasteiger partial charge in [0.15, 0.2) is 11.0 Å². The van der Waals surface area contributed by atoms with Crippen molar-refractivity contribution in [2.24, 2.45) is 0 Å². The summed E-state index contributed by atoms with van der Waals surface area (Å²) in [5, 5.41) is 11.8. The third kappa shape index (κ3) is 5.83. The number of thioether (sulfide) groups is 1. The second kappa shape index (κ2) is 10.9. The van der Waals surface area contributed by atoms with Gasteiger partial charge in [-0.15, -0.1) is 10.2 Å². The van der Waals surface area contributed by atoms with Crippen molar-refractivity contribution < 1.29 is 18.7 Å². The van der Waals surface area contributed by atoms with E-state index in [0.717, 1.165) is 11.3 Å². The largest absolute Gasteiger partial charge is 0.494 e. The van der Waals surface area contributed by atoms with Crippen LogP contribution in [0.2, 0.25) is 0 Å². The molecule has 3 aromatic rings. The van der Waals surface area contributed by atoms with Crippen molar-refractivity contribution in [3.8, 4) is 22.8 Å². The summed E-state index contributed by atoms with van der Waals surface area (Å²) in [6, 6.07) is 13.6. The molecule has 31 heavy (non-hydrogen) atoms. The summed E-state index contributed by atoms with van der Waals surface area (Å²) >= 11 is 1.19. The molecule has 9 heteroatoms. The summed E-state index contributed by atoms with van der Waals surface area (Å²) in [5.74, 6) is 0.752. The number of aromatic nitrogens is 3. The molecular weight excluding hydrogens is 419 g/mol. The predicted octanol–water partition coefficient (Wildman–Crippen LogP) is 3.72. The lowest BCUT2D eigenvalue weighted by atomic mass is 10.2. The van der Waals surface area contributed by atoms with Crippen LogP contribution in [-0.2, 0) is 9.53 Å². The number of halogens is 1. The van der Waals surface area contributed by atoms with Crippen molar-refractivity contribution in [3.05, 3.63) is 54.3 Å². The number of carbonyl (C=O) groups excluding carboxylic acids is 1. The molecular formula is C22H25FN4O3S. The molecule has 0 aliphatic rings. The molecule has 0 aliphatic carbocycles. The van der Waals surface area contributed by atoms with E-state index in [1.165, 1.54) is 17.8 Å². The highest BCUT2D eigenvalue weighted by Gasteiger charge is 2.20. The number of nitrogens with zero attached hydrogens (tertiary/aromatic N) is 3. The lowest BCUT2D eigenvalue weighted by molar-refractivity contribution is -0.119. The summed E-state index contributed by atoms with van der Waals surface area (Å²) in [6.07, 6.45) is 0. The quantitative estimate of drug-likeness (QED) is 0.480. The average molecular weight is 445 g/mol. The number of nitrogens with one attached hydrogen (secondary N) is 1. The Labute approximate surface area is 185 Å². The second-order valence-corrected chi connectivity index (χ2v) is 7.71. The first-order valence-corrected chi connectivity index (χ1v) is 10.9. The third-order valence-electron chi connectivity index (χ3n) is 4.31. The van der Waals surface area contributed by atoms with Crippen LogP contribution in [0.25, 0.3) is 17.1 Å². The van der Waals surface area contributed by atoms with Gasteiger partial charge in [-0.2, -0.15) is 0 Å². The molecule has 0 saturated heterocycles. The van der Waals surface area contributed by atoms with E-state index < -0.39 is 5.82 Å². The fraction of sp³-hybridized carbons (Fsp3) is 0.318. The average Bonchev–Trinajstić information content (AvgIpc) is 3.17. The first-order chi connectivity index (χ1) is 15.0. The van der Waals surface area contributed by atoms with Crippen LogP contribution in [0, 0.1) is 5.82 Å². The van der Waals surface area contributed by atoms with Gasteiger partial charge in [-0.1, -0.05) is 23.9 Å². The van der Waals surface area contributed by atoms with Gasteiger partial charge in [-0.3, -0.25) is 9.36 Å². The first-order valence-electron chi connectivity index (χ1n) is 9.88. The van der Waals surface area contributed by atoms with Crippen molar-refractivity contribution in [3.63, 3.8) is 0 Å². The molecule has 0 spiro atoms. The number of para-hydroxylation sites is 1. The van der Waals surface area contributed by atoms with E-state index in [1.54, 1.807) is 29.9 Å². The summed E-state index contributed by atoms with van der Waals surface area (Å²) < 4.78 is 26.8. The number of ether oxygens (including phenoxy) is 2. The highest BCUT2D eigenvalue weighted by atomic mass is 32.2. The van der Waals surface area contributed by atoms with Crippen molar-refractivity contribution in [2.45, 2.75) is 25.0 Å². The van der Waals surface area contributed by atoms with Crippen LogP contribution in [0.5, 0.6) is 5.75 Å². The van der Waals surface area contributed by atoms with Gasteiger partial charge in [-0.05, 0) is 50.2 Å². The van der Waals surface area contributed by atoms with Crippen LogP contribution in [0.1, 0.15) is 13.8 Å². The van der Waals surface area contributed by atoms with Crippen LogP contribution in [0.4, 0.5) is 4.39 Å². The Bertz CT molecular complexity index is 1010. The van der Waals surface area contributed by atoms with E-state index in [9.17, 15) is 9.18 Å². The highest BCUT2D eigenvalue weighted by molar-refractivity contribution is 7.99. The summed E-state index contributed by atoms with van der Waals surface area (Å²) in [6.45, 7) is 4.76. The molecule has 0 bridgehead atoms. The molecule has 0 saturated carbocycles. The van der Waals surface area contributed by atoms with Gasteiger partial charge in [0.25, 0.3) is 0 Å². The van der Waals surface area contributed by atoms with Gasteiger partial charge in [-0.25, -0.2) is 4.39 Å². The number of amides is 1. The van der Waals surface area contributed by atoms with Crippen LogP contribution < -0.4 is 10.1 Å². The molecule has 1 aromatic heterocycles. The van der Waals surface area contributed by atoms with E-state index in [2.05, 4.69) is 15.5 Å². The van der Waals surface area contributed by atoms with E-state index in [1.807, 2.05) is 38.1 Å². The molecule has 1 heterocycles. The Balaban J connectivity index is 1.90.